The lowest BCUT2D eigenvalue weighted by Gasteiger charge is -2.18. The monoisotopic (exact) mass is 391 g/mol. The molecule has 0 saturated heterocycles. The predicted octanol–water partition coefficient (Wildman–Crippen LogP) is -1.58. The Balaban J connectivity index is 0.00000208. The largest absolute Gasteiger partial charge is 1.00 e. The Morgan fingerprint density at radius 1 is 1.21 bits per heavy atom. The summed E-state index contributed by atoms with van der Waals surface area (Å²) in [5, 5.41) is 12.2. The third-order valence-electron chi connectivity index (χ3n) is 3.08. The maximum atomic E-state index is 11.8. The van der Waals surface area contributed by atoms with E-state index < -0.39 is 5.60 Å². The van der Waals surface area contributed by atoms with E-state index in [1.165, 1.54) is 0 Å². The number of hydrogen-bond donors (Lipinski definition) is 0. The number of pyridine rings is 1. The number of rotatable bonds is 3. The van der Waals surface area contributed by atoms with Crippen molar-refractivity contribution in [1.29, 1.82) is 0 Å². The van der Waals surface area contributed by atoms with E-state index >= 15 is 0 Å². The molecule has 0 aliphatic carbocycles. The summed E-state index contributed by atoms with van der Waals surface area (Å²) >= 11 is 0. The van der Waals surface area contributed by atoms with Crippen molar-refractivity contribution in [2.45, 2.75) is 32.9 Å². The van der Waals surface area contributed by atoms with Crippen molar-refractivity contribution in [3.8, 4) is 11.3 Å². The third kappa shape index (κ3) is 4.35. The number of nitrogens with zero attached hydrogens (tertiary/aromatic N) is 5. The molecule has 3 aromatic heterocycles. The molecule has 3 heterocycles. The zero-order valence-electron chi connectivity index (χ0n) is 13.7. The van der Waals surface area contributed by atoms with Crippen LogP contribution in [0.5, 0.6) is 0 Å². The smallest absolute Gasteiger partial charge is 0.373 e. The summed E-state index contributed by atoms with van der Waals surface area (Å²) in [5.74, 6) is -0.265. The molecule has 0 unspecified atom stereocenters. The van der Waals surface area contributed by atoms with Gasteiger partial charge in [0.15, 0.2) is 18.0 Å². The molecule has 0 N–H and O–H groups in total. The van der Waals surface area contributed by atoms with Crippen LogP contribution in [0, 0.1) is 0 Å². The van der Waals surface area contributed by atoms with Gasteiger partial charge in [0.1, 0.15) is 11.9 Å². The van der Waals surface area contributed by atoms with Gasteiger partial charge < -0.3 is 21.7 Å². The SMILES string of the molecule is CC(C)(C)OC(=O)C[n+]1ccc(-c2ccc3nncn3n2)cc1.[Br-]. The first-order valence-electron chi connectivity index (χ1n) is 7.29. The van der Waals surface area contributed by atoms with Gasteiger partial charge in [0.2, 0.25) is 6.54 Å². The lowest BCUT2D eigenvalue weighted by Crippen LogP contribution is -3.00. The van der Waals surface area contributed by atoms with Crippen LogP contribution in [0.4, 0.5) is 0 Å². The molecule has 0 fully saturated rings. The molecule has 0 radical (unpaired) electrons. The molecule has 7 nitrogen and oxygen atoms in total. The summed E-state index contributed by atoms with van der Waals surface area (Å²) in [6.07, 6.45) is 5.22. The minimum atomic E-state index is -0.476. The normalized spacial score (nSPS) is 11.1. The average molecular weight is 392 g/mol. The standard InChI is InChI=1S/C16H18N5O2.BrH/c1-16(2,3)23-15(22)10-20-8-6-12(7-9-20)13-4-5-14-18-17-11-21(14)19-13;/h4-9,11H,10H2,1-3H3;1H/q+1;/p-1. The van der Waals surface area contributed by atoms with E-state index in [4.69, 9.17) is 4.74 Å². The van der Waals surface area contributed by atoms with Crippen LogP contribution in [0.25, 0.3) is 16.9 Å². The second-order valence-corrected chi connectivity index (χ2v) is 6.20. The number of halogens is 1. The minimum Gasteiger partial charge on any atom is -1.00 e. The number of hydrogen-bond acceptors (Lipinski definition) is 5. The van der Waals surface area contributed by atoms with Gasteiger partial charge in [0, 0.05) is 17.7 Å². The molecule has 8 heteroatoms. The number of carbonyl (C=O) groups excluding carboxylic acids is 1. The Labute approximate surface area is 150 Å². The summed E-state index contributed by atoms with van der Waals surface area (Å²) in [6, 6.07) is 7.56. The van der Waals surface area contributed by atoms with Crippen molar-refractivity contribution in [1.82, 2.24) is 19.8 Å². The molecule has 0 spiro atoms. The number of ether oxygens (including phenoxy) is 1. The minimum absolute atomic E-state index is 0. The fourth-order valence-corrected chi connectivity index (χ4v) is 2.14. The first kappa shape index (κ1) is 18.0. The lowest BCUT2D eigenvalue weighted by molar-refractivity contribution is -0.686. The molecule has 0 aromatic carbocycles. The van der Waals surface area contributed by atoms with Gasteiger partial charge in [-0.1, -0.05) is 0 Å². The fraction of sp³-hybridized carbons (Fsp3) is 0.312. The molecule has 3 rings (SSSR count). The molecule has 126 valence electrons. The summed E-state index contributed by atoms with van der Waals surface area (Å²) in [5.41, 5.74) is 1.97. The second-order valence-electron chi connectivity index (χ2n) is 6.20. The third-order valence-corrected chi connectivity index (χ3v) is 3.08. The average Bonchev–Trinajstić information content (AvgIpc) is 2.93. The summed E-state index contributed by atoms with van der Waals surface area (Å²) in [7, 11) is 0. The first-order valence-corrected chi connectivity index (χ1v) is 7.29. The Hall–Kier alpha value is -2.35. The van der Waals surface area contributed by atoms with E-state index in [1.54, 1.807) is 15.4 Å². The van der Waals surface area contributed by atoms with E-state index in [0.29, 0.717) is 5.65 Å². The van der Waals surface area contributed by atoms with Crippen molar-refractivity contribution in [2.24, 2.45) is 0 Å². The van der Waals surface area contributed by atoms with Gasteiger partial charge in [-0.3, -0.25) is 0 Å². The maximum absolute atomic E-state index is 11.8. The lowest BCUT2D eigenvalue weighted by atomic mass is 10.2. The number of carbonyl (C=O) groups is 1. The van der Waals surface area contributed by atoms with Crippen LogP contribution >= 0.6 is 0 Å². The molecule has 0 aliphatic rings. The number of aromatic nitrogens is 5. The van der Waals surface area contributed by atoms with Gasteiger partial charge in [-0.2, -0.15) is 14.2 Å². The van der Waals surface area contributed by atoms with Crippen molar-refractivity contribution in [3.05, 3.63) is 43.0 Å². The molecular weight excluding hydrogens is 374 g/mol. The van der Waals surface area contributed by atoms with Crippen molar-refractivity contribution in [3.63, 3.8) is 0 Å². The van der Waals surface area contributed by atoms with E-state index in [9.17, 15) is 4.79 Å². The van der Waals surface area contributed by atoms with E-state index in [2.05, 4.69) is 15.3 Å². The van der Waals surface area contributed by atoms with Crippen LogP contribution in [0.3, 0.4) is 0 Å². The highest BCUT2D eigenvalue weighted by atomic mass is 79.9. The van der Waals surface area contributed by atoms with Crippen molar-refractivity contribution < 1.29 is 31.1 Å². The van der Waals surface area contributed by atoms with Crippen LogP contribution in [0.15, 0.2) is 43.0 Å². The van der Waals surface area contributed by atoms with Gasteiger partial charge >= 0.3 is 5.97 Å². The Morgan fingerprint density at radius 2 is 1.92 bits per heavy atom. The van der Waals surface area contributed by atoms with Gasteiger partial charge in [-0.25, -0.2) is 4.79 Å². The van der Waals surface area contributed by atoms with Crippen LogP contribution < -0.4 is 21.5 Å². The van der Waals surface area contributed by atoms with Crippen LogP contribution in [-0.4, -0.2) is 31.4 Å². The van der Waals surface area contributed by atoms with Crippen molar-refractivity contribution in [2.75, 3.05) is 0 Å². The zero-order chi connectivity index (χ0) is 16.4. The van der Waals surface area contributed by atoms with E-state index in [1.807, 2.05) is 57.4 Å². The Bertz CT molecular complexity index is 840. The molecule has 0 atom stereocenters. The molecule has 3 aromatic rings. The Morgan fingerprint density at radius 3 is 2.58 bits per heavy atom. The van der Waals surface area contributed by atoms with Gasteiger partial charge in [0.05, 0.1) is 5.69 Å². The maximum Gasteiger partial charge on any atom is 0.373 e. The van der Waals surface area contributed by atoms with E-state index in [-0.39, 0.29) is 29.5 Å². The first-order chi connectivity index (χ1) is 10.9. The van der Waals surface area contributed by atoms with Gasteiger partial charge in [-0.15, -0.1) is 10.2 Å². The highest BCUT2D eigenvalue weighted by Crippen LogP contribution is 2.15. The second kappa shape index (κ2) is 7.04. The highest BCUT2D eigenvalue weighted by molar-refractivity contribution is 5.68. The predicted molar refractivity (Wildman–Crippen MR) is 82.3 cm³/mol. The van der Waals surface area contributed by atoms with Gasteiger partial charge in [-0.05, 0) is 32.9 Å². The van der Waals surface area contributed by atoms with E-state index in [0.717, 1.165) is 11.3 Å². The van der Waals surface area contributed by atoms with Crippen LogP contribution in [0.2, 0.25) is 0 Å². The zero-order valence-corrected chi connectivity index (χ0v) is 15.3. The molecule has 0 amide bonds. The van der Waals surface area contributed by atoms with Crippen molar-refractivity contribution >= 4 is 11.6 Å². The molecular formula is C16H18BrN5O2. The summed E-state index contributed by atoms with van der Waals surface area (Å²) in [6.45, 7) is 5.73. The topological polar surface area (TPSA) is 73.3 Å². The molecule has 0 saturated carbocycles. The summed E-state index contributed by atoms with van der Waals surface area (Å²) < 4.78 is 8.70. The van der Waals surface area contributed by atoms with Crippen LogP contribution in [0.1, 0.15) is 20.8 Å². The summed E-state index contributed by atoms with van der Waals surface area (Å²) in [4.78, 5) is 11.8. The quantitative estimate of drug-likeness (QED) is 0.398. The van der Waals surface area contributed by atoms with Gasteiger partial charge in [0.25, 0.3) is 0 Å². The molecule has 24 heavy (non-hydrogen) atoms. The Kier molecular flexibility index (Phi) is 5.28. The molecule has 0 aliphatic heterocycles. The highest BCUT2D eigenvalue weighted by Gasteiger charge is 2.19. The van der Waals surface area contributed by atoms with Crippen LogP contribution in [-0.2, 0) is 16.1 Å². The molecule has 0 bridgehead atoms. The fourth-order valence-electron chi connectivity index (χ4n) is 2.14. The number of esters is 1. The number of fused-ring (bicyclic) bond motifs is 1.